The first kappa shape index (κ1) is 16.0. The van der Waals surface area contributed by atoms with Crippen molar-refractivity contribution < 1.29 is 9.47 Å². The van der Waals surface area contributed by atoms with Crippen molar-refractivity contribution in [3.05, 3.63) is 48.2 Å². The number of rotatable bonds is 6. The number of methoxy groups -OCH3 is 1. The molecule has 0 radical (unpaired) electrons. The summed E-state index contributed by atoms with van der Waals surface area (Å²) in [4.78, 5) is 4.20. The zero-order valence-electron chi connectivity index (χ0n) is 12.6. The molecule has 0 saturated heterocycles. The van der Waals surface area contributed by atoms with Crippen LogP contribution in [-0.2, 0) is 6.54 Å². The van der Waals surface area contributed by atoms with Gasteiger partial charge in [0.05, 0.1) is 13.7 Å². The van der Waals surface area contributed by atoms with Gasteiger partial charge in [0.15, 0.2) is 16.7 Å². The Morgan fingerprint density at radius 2 is 2.14 bits per heavy atom. The van der Waals surface area contributed by atoms with E-state index in [0.29, 0.717) is 29.8 Å². The third kappa shape index (κ3) is 4.60. The van der Waals surface area contributed by atoms with Gasteiger partial charge in [0.1, 0.15) is 5.75 Å². The van der Waals surface area contributed by atoms with Crippen LogP contribution in [0.3, 0.4) is 0 Å². The summed E-state index contributed by atoms with van der Waals surface area (Å²) in [6.45, 7) is 3.21. The van der Waals surface area contributed by atoms with E-state index in [4.69, 9.17) is 21.7 Å². The zero-order chi connectivity index (χ0) is 15.8. The predicted molar refractivity (Wildman–Crippen MR) is 91.5 cm³/mol. The average molecular weight is 317 g/mol. The van der Waals surface area contributed by atoms with Crippen LogP contribution in [0.4, 0.5) is 5.82 Å². The summed E-state index contributed by atoms with van der Waals surface area (Å²) in [5.74, 6) is 2.09. The van der Waals surface area contributed by atoms with Crippen LogP contribution in [0.15, 0.2) is 42.6 Å². The van der Waals surface area contributed by atoms with Crippen LogP contribution in [0.5, 0.6) is 11.5 Å². The Bertz CT molecular complexity index is 634. The van der Waals surface area contributed by atoms with Crippen LogP contribution < -0.4 is 20.1 Å². The van der Waals surface area contributed by atoms with E-state index >= 15 is 0 Å². The van der Waals surface area contributed by atoms with E-state index in [1.807, 2.05) is 37.3 Å². The molecule has 116 valence electrons. The van der Waals surface area contributed by atoms with Crippen molar-refractivity contribution in [1.82, 2.24) is 10.3 Å². The average Bonchev–Trinajstić information content (AvgIpc) is 2.54. The second-order valence-electron chi connectivity index (χ2n) is 4.44. The SMILES string of the molecule is CCOc1cccc(CNC(=S)Nc2ncccc2OC)c1. The quantitative estimate of drug-likeness (QED) is 0.799. The minimum absolute atomic E-state index is 0.485. The molecule has 0 aliphatic carbocycles. The van der Waals surface area contributed by atoms with Crippen molar-refractivity contribution in [3.63, 3.8) is 0 Å². The normalized spacial score (nSPS) is 9.91. The first-order chi connectivity index (χ1) is 10.7. The highest BCUT2D eigenvalue weighted by Gasteiger charge is 2.05. The van der Waals surface area contributed by atoms with Gasteiger partial charge >= 0.3 is 0 Å². The molecule has 2 aromatic rings. The summed E-state index contributed by atoms with van der Waals surface area (Å²) in [6, 6.07) is 11.5. The molecule has 0 amide bonds. The maximum atomic E-state index is 5.48. The van der Waals surface area contributed by atoms with Crippen molar-refractivity contribution in [2.75, 3.05) is 19.0 Å². The van der Waals surface area contributed by atoms with Gasteiger partial charge in [-0.1, -0.05) is 12.1 Å². The van der Waals surface area contributed by atoms with Gasteiger partial charge in [-0.15, -0.1) is 0 Å². The molecular weight excluding hydrogens is 298 g/mol. The fourth-order valence-corrected chi connectivity index (χ4v) is 2.06. The molecular formula is C16H19N3O2S. The molecule has 0 bridgehead atoms. The summed E-state index contributed by atoms with van der Waals surface area (Å²) < 4.78 is 10.7. The van der Waals surface area contributed by atoms with Gasteiger partial charge in [-0.05, 0) is 49.0 Å². The number of anilines is 1. The number of thiocarbonyl (C=S) groups is 1. The minimum atomic E-state index is 0.485. The van der Waals surface area contributed by atoms with Gasteiger partial charge in [-0.2, -0.15) is 0 Å². The van der Waals surface area contributed by atoms with Gasteiger partial charge in [0.2, 0.25) is 0 Å². The van der Waals surface area contributed by atoms with Crippen LogP contribution in [0.2, 0.25) is 0 Å². The Morgan fingerprint density at radius 1 is 1.27 bits per heavy atom. The van der Waals surface area contributed by atoms with Crippen LogP contribution in [0.1, 0.15) is 12.5 Å². The van der Waals surface area contributed by atoms with Crippen LogP contribution in [0.25, 0.3) is 0 Å². The topological polar surface area (TPSA) is 55.4 Å². The Kier molecular flexibility index (Phi) is 5.97. The molecule has 5 nitrogen and oxygen atoms in total. The molecule has 0 spiro atoms. The van der Waals surface area contributed by atoms with E-state index in [9.17, 15) is 0 Å². The summed E-state index contributed by atoms with van der Waals surface area (Å²) in [6.07, 6.45) is 1.68. The Hall–Kier alpha value is -2.34. The Balaban J connectivity index is 1.91. The molecule has 1 aromatic heterocycles. The van der Waals surface area contributed by atoms with E-state index in [2.05, 4.69) is 15.6 Å². The molecule has 1 aromatic carbocycles. The molecule has 0 fully saturated rings. The molecule has 2 N–H and O–H groups in total. The van der Waals surface area contributed by atoms with Gasteiger partial charge < -0.3 is 20.1 Å². The number of benzene rings is 1. The smallest absolute Gasteiger partial charge is 0.174 e. The van der Waals surface area contributed by atoms with Crippen molar-refractivity contribution in [2.45, 2.75) is 13.5 Å². The van der Waals surface area contributed by atoms with E-state index in [-0.39, 0.29) is 0 Å². The molecule has 22 heavy (non-hydrogen) atoms. The largest absolute Gasteiger partial charge is 0.494 e. The summed E-state index contributed by atoms with van der Waals surface area (Å²) in [7, 11) is 1.60. The number of pyridine rings is 1. The standard InChI is InChI=1S/C16H19N3O2S/c1-3-21-13-7-4-6-12(10-13)11-18-16(22)19-15-14(20-2)8-5-9-17-15/h4-10H,3,11H2,1-2H3,(H2,17,18,19,22). The molecule has 0 unspecified atom stereocenters. The van der Waals surface area contributed by atoms with Crippen LogP contribution in [0, 0.1) is 0 Å². The predicted octanol–water partition coefficient (Wildman–Crippen LogP) is 2.98. The van der Waals surface area contributed by atoms with Gasteiger partial charge in [-0.25, -0.2) is 4.98 Å². The second kappa shape index (κ2) is 8.19. The highest BCUT2D eigenvalue weighted by molar-refractivity contribution is 7.80. The highest BCUT2D eigenvalue weighted by atomic mass is 32.1. The molecule has 2 rings (SSSR count). The molecule has 0 aliphatic heterocycles. The summed E-state index contributed by atoms with van der Waals surface area (Å²) in [5, 5.41) is 6.65. The number of ether oxygens (including phenoxy) is 2. The molecule has 0 saturated carbocycles. The number of hydrogen-bond acceptors (Lipinski definition) is 4. The molecule has 0 atom stereocenters. The fourth-order valence-electron chi connectivity index (χ4n) is 1.90. The first-order valence-electron chi connectivity index (χ1n) is 6.98. The molecule has 6 heteroatoms. The van der Waals surface area contributed by atoms with Crippen molar-refractivity contribution in [2.24, 2.45) is 0 Å². The van der Waals surface area contributed by atoms with Gasteiger partial charge in [0, 0.05) is 12.7 Å². The summed E-state index contributed by atoms with van der Waals surface area (Å²) in [5.41, 5.74) is 1.09. The first-order valence-corrected chi connectivity index (χ1v) is 7.39. The highest BCUT2D eigenvalue weighted by Crippen LogP contribution is 2.19. The molecule has 1 heterocycles. The zero-order valence-corrected chi connectivity index (χ0v) is 13.4. The summed E-state index contributed by atoms with van der Waals surface area (Å²) >= 11 is 5.28. The van der Waals surface area contributed by atoms with E-state index in [1.54, 1.807) is 19.4 Å². The van der Waals surface area contributed by atoms with Crippen LogP contribution in [-0.4, -0.2) is 23.8 Å². The number of nitrogens with zero attached hydrogens (tertiary/aromatic N) is 1. The van der Waals surface area contributed by atoms with E-state index in [1.165, 1.54) is 0 Å². The van der Waals surface area contributed by atoms with Gasteiger partial charge in [0.25, 0.3) is 0 Å². The third-order valence-electron chi connectivity index (χ3n) is 2.89. The Labute approximate surface area is 135 Å². The fraction of sp³-hybridized carbons (Fsp3) is 0.250. The maximum absolute atomic E-state index is 5.48. The lowest BCUT2D eigenvalue weighted by Gasteiger charge is -2.12. The lowest BCUT2D eigenvalue weighted by Crippen LogP contribution is -2.28. The monoisotopic (exact) mass is 317 g/mol. The van der Waals surface area contributed by atoms with Crippen molar-refractivity contribution in [1.29, 1.82) is 0 Å². The Morgan fingerprint density at radius 3 is 2.91 bits per heavy atom. The number of nitrogens with one attached hydrogen (secondary N) is 2. The third-order valence-corrected chi connectivity index (χ3v) is 3.13. The maximum Gasteiger partial charge on any atom is 0.174 e. The molecule has 0 aliphatic rings. The van der Waals surface area contributed by atoms with Crippen molar-refractivity contribution in [3.8, 4) is 11.5 Å². The van der Waals surface area contributed by atoms with E-state index < -0.39 is 0 Å². The minimum Gasteiger partial charge on any atom is -0.494 e. The van der Waals surface area contributed by atoms with E-state index in [0.717, 1.165) is 11.3 Å². The van der Waals surface area contributed by atoms with Gasteiger partial charge in [-0.3, -0.25) is 0 Å². The second-order valence-corrected chi connectivity index (χ2v) is 4.85. The lowest BCUT2D eigenvalue weighted by atomic mass is 10.2. The van der Waals surface area contributed by atoms with Crippen molar-refractivity contribution >= 4 is 23.1 Å². The lowest BCUT2D eigenvalue weighted by molar-refractivity contribution is 0.340. The number of aromatic nitrogens is 1. The van der Waals surface area contributed by atoms with Crippen LogP contribution >= 0.6 is 12.2 Å². The number of hydrogen-bond donors (Lipinski definition) is 2.